The highest BCUT2D eigenvalue weighted by Crippen LogP contribution is 2.26. The van der Waals surface area contributed by atoms with Gasteiger partial charge in [-0.3, -0.25) is 4.79 Å². The van der Waals surface area contributed by atoms with Gasteiger partial charge in [-0.1, -0.05) is 47.1 Å². The Morgan fingerprint density at radius 3 is 2.39 bits per heavy atom. The number of amides is 1. The topological polar surface area (TPSA) is 49.3 Å². The molecular weight excluding hydrogens is 422 g/mol. The van der Waals surface area contributed by atoms with E-state index in [9.17, 15) is 9.90 Å². The molecule has 122 valence electrons. The Balaban J connectivity index is 2.17. The van der Waals surface area contributed by atoms with Crippen LogP contribution in [0.1, 0.15) is 34.8 Å². The molecule has 1 unspecified atom stereocenters. The van der Waals surface area contributed by atoms with E-state index < -0.39 is 5.60 Å². The molecule has 0 radical (unpaired) electrons. The lowest BCUT2D eigenvalue weighted by Crippen LogP contribution is -2.40. The normalized spacial score (nSPS) is 13.4. The van der Waals surface area contributed by atoms with Crippen LogP contribution in [0.5, 0.6) is 0 Å². The van der Waals surface area contributed by atoms with Gasteiger partial charge >= 0.3 is 0 Å². The van der Waals surface area contributed by atoms with Gasteiger partial charge in [-0.15, -0.1) is 0 Å². The molecule has 2 N–H and O–H groups in total. The average molecular weight is 441 g/mol. The second kappa shape index (κ2) is 7.60. The first-order chi connectivity index (χ1) is 10.9. The first-order valence-corrected chi connectivity index (χ1v) is 8.97. The van der Waals surface area contributed by atoms with Crippen LogP contribution in [0.2, 0.25) is 0 Å². The number of hydrogen-bond donors (Lipinski definition) is 2. The molecule has 3 nitrogen and oxygen atoms in total. The summed E-state index contributed by atoms with van der Waals surface area (Å²) in [6.45, 7) is 3.95. The molecule has 0 saturated carbocycles. The van der Waals surface area contributed by atoms with Crippen molar-refractivity contribution < 1.29 is 9.90 Å². The molecular formula is C18H19Br2NO2. The number of rotatable bonds is 5. The Hall–Kier alpha value is -1.17. The van der Waals surface area contributed by atoms with Gasteiger partial charge < -0.3 is 10.4 Å². The molecule has 5 heteroatoms. The van der Waals surface area contributed by atoms with Crippen molar-refractivity contribution in [3.05, 3.63) is 68.1 Å². The molecule has 0 aliphatic rings. The monoisotopic (exact) mass is 439 g/mol. The highest BCUT2D eigenvalue weighted by atomic mass is 79.9. The van der Waals surface area contributed by atoms with Crippen molar-refractivity contribution in [2.24, 2.45) is 0 Å². The molecule has 1 amide bonds. The standard InChI is InChI=1S/C18H19Br2NO2/c1-3-18(23,13-7-9-14(19)10-8-13)11-21-17(22)16-12(2)5-4-6-15(16)20/h4-10,23H,3,11H2,1-2H3,(H,21,22). The first-order valence-electron chi connectivity index (χ1n) is 7.39. The van der Waals surface area contributed by atoms with E-state index >= 15 is 0 Å². The summed E-state index contributed by atoms with van der Waals surface area (Å²) in [6, 6.07) is 13.1. The number of hydrogen-bond acceptors (Lipinski definition) is 2. The molecule has 0 spiro atoms. The fraction of sp³-hybridized carbons (Fsp3) is 0.278. The van der Waals surface area contributed by atoms with Crippen LogP contribution in [0.4, 0.5) is 0 Å². The van der Waals surface area contributed by atoms with Crippen LogP contribution in [-0.2, 0) is 5.60 Å². The number of aliphatic hydroxyl groups is 1. The minimum atomic E-state index is -1.09. The highest BCUT2D eigenvalue weighted by molar-refractivity contribution is 9.10. The summed E-state index contributed by atoms with van der Waals surface area (Å²) >= 11 is 6.80. The molecule has 2 aromatic carbocycles. The Morgan fingerprint density at radius 1 is 1.17 bits per heavy atom. The van der Waals surface area contributed by atoms with E-state index in [1.165, 1.54) is 0 Å². The van der Waals surface area contributed by atoms with E-state index in [4.69, 9.17) is 0 Å². The third-order valence-electron chi connectivity index (χ3n) is 3.96. The maximum atomic E-state index is 12.5. The summed E-state index contributed by atoms with van der Waals surface area (Å²) in [5.41, 5.74) is 1.18. The Kier molecular flexibility index (Phi) is 6.00. The van der Waals surface area contributed by atoms with Crippen molar-refractivity contribution in [2.45, 2.75) is 25.9 Å². The zero-order valence-corrected chi connectivity index (χ0v) is 16.2. The van der Waals surface area contributed by atoms with Crippen LogP contribution in [0, 0.1) is 6.92 Å². The summed E-state index contributed by atoms with van der Waals surface area (Å²) in [5, 5.41) is 13.7. The van der Waals surface area contributed by atoms with Gasteiger partial charge in [0.05, 0.1) is 12.1 Å². The first kappa shape index (κ1) is 18.2. The Bertz CT molecular complexity index is 680. The van der Waals surface area contributed by atoms with Gasteiger partial charge in [0.1, 0.15) is 5.60 Å². The Morgan fingerprint density at radius 2 is 1.83 bits per heavy atom. The molecule has 0 aliphatic carbocycles. The Labute approximate surface area is 153 Å². The van der Waals surface area contributed by atoms with E-state index in [0.29, 0.717) is 12.0 Å². The van der Waals surface area contributed by atoms with Gasteiger partial charge in [0.15, 0.2) is 0 Å². The summed E-state index contributed by atoms with van der Waals surface area (Å²) in [6.07, 6.45) is 0.504. The van der Waals surface area contributed by atoms with Crippen LogP contribution in [0.25, 0.3) is 0 Å². The zero-order chi connectivity index (χ0) is 17.0. The number of aryl methyl sites for hydroxylation is 1. The third kappa shape index (κ3) is 4.22. The predicted octanol–water partition coefficient (Wildman–Crippen LogP) is 4.55. The quantitative estimate of drug-likeness (QED) is 0.716. The molecule has 2 aromatic rings. The zero-order valence-electron chi connectivity index (χ0n) is 13.1. The van der Waals surface area contributed by atoms with Crippen LogP contribution < -0.4 is 5.32 Å². The fourth-order valence-corrected chi connectivity index (χ4v) is 3.34. The molecule has 0 aliphatic heterocycles. The second-order valence-corrected chi connectivity index (χ2v) is 7.28. The average Bonchev–Trinajstić information content (AvgIpc) is 2.53. The predicted molar refractivity (Wildman–Crippen MR) is 99.5 cm³/mol. The summed E-state index contributed by atoms with van der Waals surface area (Å²) in [5.74, 6) is -0.195. The maximum absolute atomic E-state index is 12.5. The van der Waals surface area contributed by atoms with Crippen molar-refractivity contribution >= 4 is 37.8 Å². The van der Waals surface area contributed by atoms with Crippen molar-refractivity contribution in [3.8, 4) is 0 Å². The van der Waals surface area contributed by atoms with Crippen molar-refractivity contribution in [1.29, 1.82) is 0 Å². The number of carbonyl (C=O) groups is 1. The number of halogens is 2. The van der Waals surface area contributed by atoms with Crippen molar-refractivity contribution in [1.82, 2.24) is 5.32 Å². The van der Waals surface area contributed by atoms with Crippen LogP contribution in [-0.4, -0.2) is 17.6 Å². The number of carbonyl (C=O) groups excluding carboxylic acids is 1. The fourth-order valence-electron chi connectivity index (χ4n) is 2.43. The summed E-state index contributed by atoms with van der Waals surface area (Å²) < 4.78 is 1.70. The van der Waals surface area contributed by atoms with Gasteiger partial charge in [-0.05, 0) is 58.6 Å². The summed E-state index contributed by atoms with van der Waals surface area (Å²) in [4.78, 5) is 12.5. The van der Waals surface area contributed by atoms with E-state index in [2.05, 4.69) is 37.2 Å². The molecule has 2 rings (SSSR count). The molecule has 0 aromatic heterocycles. The molecule has 0 bridgehead atoms. The highest BCUT2D eigenvalue weighted by Gasteiger charge is 2.28. The molecule has 1 atom stereocenters. The van der Waals surface area contributed by atoms with E-state index in [0.717, 1.165) is 20.1 Å². The molecule has 0 heterocycles. The smallest absolute Gasteiger partial charge is 0.252 e. The molecule has 0 saturated heterocycles. The lowest BCUT2D eigenvalue weighted by atomic mass is 9.91. The van der Waals surface area contributed by atoms with Gasteiger partial charge in [-0.2, -0.15) is 0 Å². The van der Waals surface area contributed by atoms with Crippen molar-refractivity contribution in [2.75, 3.05) is 6.54 Å². The van der Waals surface area contributed by atoms with E-state index in [-0.39, 0.29) is 12.5 Å². The van der Waals surface area contributed by atoms with Crippen LogP contribution in [0.3, 0.4) is 0 Å². The van der Waals surface area contributed by atoms with E-state index in [1.807, 2.05) is 56.3 Å². The van der Waals surface area contributed by atoms with Gasteiger partial charge in [0, 0.05) is 8.95 Å². The molecule has 0 fully saturated rings. The lowest BCUT2D eigenvalue weighted by molar-refractivity contribution is 0.0314. The SMILES string of the molecule is CCC(O)(CNC(=O)c1c(C)cccc1Br)c1ccc(Br)cc1. The third-order valence-corrected chi connectivity index (χ3v) is 5.15. The van der Waals surface area contributed by atoms with Crippen LogP contribution in [0.15, 0.2) is 51.4 Å². The van der Waals surface area contributed by atoms with Crippen molar-refractivity contribution in [3.63, 3.8) is 0 Å². The van der Waals surface area contributed by atoms with Gasteiger partial charge in [0.2, 0.25) is 0 Å². The summed E-state index contributed by atoms with van der Waals surface area (Å²) in [7, 11) is 0. The second-order valence-electron chi connectivity index (χ2n) is 5.51. The lowest BCUT2D eigenvalue weighted by Gasteiger charge is -2.28. The van der Waals surface area contributed by atoms with Gasteiger partial charge in [-0.25, -0.2) is 0 Å². The maximum Gasteiger partial charge on any atom is 0.252 e. The van der Waals surface area contributed by atoms with Crippen LogP contribution >= 0.6 is 31.9 Å². The molecule has 23 heavy (non-hydrogen) atoms. The minimum Gasteiger partial charge on any atom is -0.383 e. The van der Waals surface area contributed by atoms with E-state index in [1.54, 1.807) is 0 Å². The van der Waals surface area contributed by atoms with Gasteiger partial charge in [0.25, 0.3) is 5.91 Å². The number of benzene rings is 2. The largest absolute Gasteiger partial charge is 0.383 e. The number of nitrogens with one attached hydrogen (secondary N) is 1. The minimum absolute atomic E-state index is 0.157.